The van der Waals surface area contributed by atoms with Gasteiger partial charge >= 0.3 is 0 Å². The minimum atomic E-state index is -1.50. The largest absolute Gasteiger partial charge is 0.396 e. The molecule has 34 heavy (non-hydrogen) atoms. The number of hydrogen-bond donors (Lipinski definition) is 5. The first-order chi connectivity index (χ1) is 15.4. The summed E-state index contributed by atoms with van der Waals surface area (Å²) in [6.45, 7) is 11.8. The fraction of sp³-hybridized carbons (Fsp3) is 0.750. The Hall–Kier alpha value is -0.710. The zero-order valence-electron chi connectivity index (χ0n) is 22.4. The molecule has 0 radical (unpaired) electrons. The van der Waals surface area contributed by atoms with Gasteiger partial charge in [-0.05, 0) is 63.0 Å². The minimum Gasteiger partial charge on any atom is -0.396 e. The van der Waals surface area contributed by atoms with Crippen LogP contribution in [0.4, 0.5) is 11.5 Å². The number of nitrogen functional groups attached to an aromatic ring is 1. The number of anilines is 2. The molecule has 1 unspecified atom stereocenters. The molecule has 1 aromatic heterocycles. The predicted octanol–water partition coefficient (Wildman–Crippen LogP) is 5.28. The first-order valence-corrected chi connectivity index (χ1v) is 15.8. The van der Waals surface area contributed by atoms with Crippen LogP contribution in [0.1, 0.15) is 67.2 Å². The average molecular weight is 539 g/mol. The molecule has 0 saturated carbocycles. The van der Waals surface area contributed by atoms with E-state index in [4.69, 9.17) is 32.7 Å². The molecule has 0 saturated heterocycles. The molecule has 2 rings (SSSR count). The van der Waals surface area contributed by atoms with E-state index in [0.29, 0.717) is 26.6 Å². The Morgan fingerprint density at radius 3 is 2.15 bits per heavy atom. The Kier molecular flexibility index (Phi) is 14.4. The SMILES string of the molecule is CC(C)(C)S(C)(C)C.CC(C)(O)O.CCCSc1nc(Cl)c(N)c(NC2C=C(CCO)CC2)n1. The van der Waals surface area contributed by atoms with E-state index in [0.717, 1.165) is 31.4 Å². The molecular weight excluding hydrogens is 492 g/mol. The van der Waals surface area contributed by atoms with Crippen molar-refractivity contribution in [2.75, 3.05) is 42.2 Å². The number of thioether (sulfide) groups is 1. The Labute approximate surface area is 217 Å². The van der Waals surface area contributed by atoms with E-state index in [-0.39, 0.29) is 22.7 Å². The van der Waals surface area contributed by atoms with Crippen molar-refractivity contribution in [3.05, 3.63) is 16.8 Å². The summed E-state index contributed by atoms with van der Waals surface area (Å²) in [5, 5.41) is 29.4. The van der Waals surface area contributed by atoms with Gasteiger partial charge < -0.3 is 26.4 Å². The van der Waals surface area contributed by atoms with Crippen LogP contribution in [0.3, 0.4) is 0 Å². The molecule has 1 heterocycles. The maximum atomic E-state index is 8.98. The van der Waals surface area contributed by atoms with Crippen LogP contribution in [0.5, 0.6) is 0 Å². The van der Waals surface area contributed by atoms with Crippen molar-refractivity contribution >= 4 is 44.9 Å². The summed E-state index contributed by atoms with van der Waals surface area (Å²) in [6, 6.07) is 0.184. The topological polar surface area (TPSA) is 125 Å². The van der Waals surface area contributed by atoms with Gasteiger partial charge in [0.25, 0.3) is 0 Å². The van der Waals surface area contributed by atoms with E-state index >= 15 is 0 Å². The molecule has 1 aromatic rings. The highest BCUT2D eigenvalue weighted by Crippen LogP contribution is 2.48. The molecular formula is C24H47ClN4O3S2. The quantitative estimate of drug-likeness (QED) is 0.104. The number of aromatic nitrogens is 2. The number of nitrogens with two attached hydrogens (primary N) is 1. The lowest BCUT2D eigenvalue weighted by Crippen LogP contribution is -2.21. The molecule has 10 heteroatoms. The monoisotopic (exact) mass is 538 g/mol. The van der Waals surface area contributed by atoms with Crippen molar-refractivity contribution in [2.45, 2.75) is 89.0 Å². The molecule has 0 aromatic carbocycles. The van der Waals surface area contributed by atoms with Crippen LogP contribution in [0.2, 0.25) is 5.15 Å². The molecule has 1 aliphatic rings. The predicted molar refractivity (Wildman–Crippen MR) is 153 cm³/mol. The Morgan fingerprint density at radius 1 is 1.18 bits per heavy atom. The van der Waals surface area contributed by atoms with Crippen molar-refractivity contribution in [3.8, 4) is 0 Å². The fourth-order valence-electron chi connectivity index (χ4n) is 2.22. The second kappa shape index (κ2) is 14.8. The second-order valence-electron chi connectivity index (χ2n) is 10.4. The van der Waals surface area contributed by atoms with Crippen LogP contribution in [-0.4, -0.2) is 73.0 Å². The van der Waals surface area contributed by atoms with Gasteiger partial charge in [0.15, 0.2) is 21.9 Å². The summed E-state index contributed by atoms with van der Waals surface area (Å²) >= 11 is 7.66. The molecule has 1 aliphatic carbocycles. The summed E-state index contributed by atoms with van der Waals surface area (Å²) in [5.74, 6) is 0.0454. The number of nitrogens with one attached hydrogen (secondary N) is 1. The molecule has 0 amide bonds. The van der Waals surface area contributed by atoms with Gasteiger partial charge in [-0.3, -0.25) is 0 Å². The lowest BCUT2D eigenvalue weighted by Gasteiger charge is -2.40. The maximum Gasteiger partial charge on any atom is 0.191 e. The highest BCUT2D eigenvalue weighted by molar-refractivity contribution is 8.33. The second-order valence-corrected chi connectivity index (χ2v) is 16.8. The van der Waals surface area contributed by atoms with Crippen LogP contribution in [0.15, 0.2) is 16.8 Å². The average Bonchev–Trinajstić information content (AvgIpc) is 3.09. The summed E-state index contributed by atoms with van der Waals surface area (Å²) < 4.78 is 0.521. The molecule has 0 bridgehead atoms. The summed E-state index contributed by atoms with van der Waals surface area (Å²) in [5.41, 5.74) is 7.62. The standard InChI is InChI=1S/C14H21ClN4OS.C7H18S.C3H8O2/c1-2-7-21-14-18-12(15)11(16)13(19-14)17-10-4-3-9(8-10)5-6-20;1-7(2,3)8(4,5)6;1-3(2,4)5/h8,10,20H,2-7,16H2,1H3,(H,17,18,19);1-6H3;4-5H,1-2H3. The molecule has 0 aliphatic heterocycles. The van der Waals surface area contributed by atoms with E-state index in [2.05, 4.69) is 67.8 Å². The summed E-state index contributed by atoms with van der Waals surface area (Å²) in [6.07, 6.45) is 13.0. The third-order valence-electron chi connectivity index (χ3n) is 5.12. The van der Waals surface area contributed by atoms with Crippen molar-refractivity contribution < 1.29 is 15.3 Å². The van der Waals surface area contributed by atoms with Crippen LogP contribution in [0, 0.1) is 0 Å². The lowest BCUT2D eigenvalue weighted by molar-refractivity contribution is -0.127. The number of hydrogen-bond acceptors (Lipinski definition) is 8. The summed E-state index contributed by atoms with van der Waals surface area (Å²) in [7, 11) is -0.340. The van der Waals surface area contributed by atoms with Gasteiger partial charge in [0.05, 0.1) is 0 Å². The molecule has 0 fully saturated rings. The van der Waals surface area contributed by atoms with Gasteiger partial charge in [-0.15, -0.1) is 0 Å². The number of aliphatic hydroxyl groups is 3. The normalized spacial score (nSPS) is 16.6. The van der Waals surface area contributed by atoms with Crippen molar-refractivity contribution in [3.63, 3.8) is 0 Å². The molecule has 1 atom stereocenters. The number of nitrogens with zero attached hydrogens (tertiary/aromatic N) is 2. The maximum absolute atomic E-state index is 8.98. The Bertz CT molecular complexity index is 755. The van der Waals surface area contributed by atoms with Gasteiger partial charge in [0.2, 0.25) is 0 Å². The number of aliphatic hydroxyl groups excluding tert-OH is 1. The van der Waals surface area contributed by atoms with Gasteiger partial charge in [-0.1, -0.05) is 62.7 Å². The van der Waals surface area contributed by atoms with Crippen LogP contribution < -0.4 is 11.1 Å². The highest BCUT2D eigenvalue weighted by atomic mass is 35.5. The first-order valence-electron chi connectivity index (χ1n) is 11.5. The van der Waals surface area contributed by atoms with E-state index in [1.807, 2.05) is 0 Å². The van der Waals surface area contributed by atoms with Gasteiger partial charge in [0, 0.05) is 18.4 Å². The minimum absolute atomic E-state index is 0.184. The van der Waals surface area contributed by atoms with Crippen LogP contribution in [0.25, 0.3) is 0 Å². The third-order valence-corrected chi connectivity index (χ3v) is 10.1. The summed E-state index contributed by atoms with van der Waals surface area (Å²) in [4.78, 5) is 8.65. The zero-order chi connectivity index (χ0) is 26.7. The van der Waals surface area contributed by atoms with Crippen LogP contribution in [-0.2, 0) is 0 Å². The smallest absolute Gasteiger partial charge is 0.191 e. The van der Waals surface area contributed by atoms with E-state index < -0.39 is 5.79 Å². The third kappa shape index (κ3) is 14.6. The van der Waals surface area contributed by atoms with Gasteiger partial charge in [-0.2, -0.15) is 0 Å². The zero-order valence-corrected chi connectivity index (χ0v) is 24.8. The van der Waals surface area contributed by atoms with Crippen molar-refractivity contribution in [1.29, 1.82) is 0 Å². The molecule has 7 nitrogen and oxygen atoms in total. The highest BCUT2D eigenvalue weighted by Gasteiger charge is 2.22. The first kappa shape index (κ1) is 33.3. The lowest BCUT2D eigenvalue weighted by atomic mass is 10.2. The number of rotatable bonds is 7. The van der Waals surface area contributed by atoms with E-state index in [9.17, 15) is 0 Å². The van der Waals surface area contributed by atoms with E-state index in [1.54, 1.807) is 11.8 Å². The molecule has 200 valence electrons. The Balaban J connectivity index is 0.000000693. The van der Waals surface area contributed by atoms with E-state index in [1.165, 1.54) is 19.4 Å². The number of halogens is 1. The van der Waals surface area contributed by atoms with Gasteiger partial charge in [0.1, 0.15) is 5.69 Å². The fourth-order valence-corrected chi connectivity index (χ4v) is 3.14. The molecule has 6 N–H and O–H groups in total. The van der Waals surface area contributed by atoms with Gasteiger partial charge in [-0.25, -0.2) is 20.0 Å². The van der Waals surface area contributed by atoms with Crippen molar-refractivity contribution in [1.82, 2.24) is 9.97 Å². The molecule has 0 spiro atoms. The van der Waals surface area contributed by atoms with Crippen LogP contribution >= 0.6 is 33.4 Å². The van der Waals surface area contributed by atoms with Crippen molar-refractivity contribution in [2.24, 2.45) is 0 Å². The Morgan fingerprint density at radius 2 is 1.71 bits per heavy atom.